The zero-order valence-corrected chi connectivity index (χ0v) is 13.9. The first kappa shape index (κ1) is 17.0. The van der Waals surface area contributed by atoms with Crippen LogP contribution in [-0.4, -0.2) is 24.9 Å². The number of aromatic amines is 1. The van der Waals surface area contributed by atoms with Crippen LogP contribution in [0.4, 0.5) is 22.7 Å². The highest BCUT2D eigenvalue weighted by Crippen LogP contribution is 2.42. The van der Waals surface area contributed by atoms with E-state index in [0.717, 1.165) is 6.07 Å². The van der Waals surface area contributed by atoms with E-state index in [0.29, 0.717) is 10.9 Å². The number of aromatic hydroxyl groups is 1. The van der Waals surface area contributed by atoms with Gasteiger partial charge in [0.05, 0.1) is 26.8 Å². The molecule has 4 aromatic rings. The Hall–Kier alpha value is -4.41. The van der Waals surface area contributed by atoms with Crippen molar-refractivity contribution < 1.29 is 15.0 Å². The van der Waals surface area contributed by atoms with Crippen LogP contribution < -0.4 is 0 Å². The predicted molar refractivity (Wildman–Crippen MR) is 99.2 cm³/mol. The van der Waals surface area contributed by atoms with E-state index in [2.05, 4.69) is 20.2 Å². The second kappa shape index (κ2) is 6.39. The summed E-state index contributed by atoms with van der Waals surface area (Å²) in [6.07, 6.45) is 1.35. The second-order valence-corrected chi connectivity index (χ2v) is 5.75. The number of para-hydroxylation sites is 1. The SMILES string of the molecule is O=[N+]([O-])c1cc([N+](=O)[O-])c2cccnc2c1N=Nc1c(O)[nH]c2ccccc12. The Labute approximate surface area is 155 Å². The fourth-order valence-electron chi connectivity index (χ4n) is 2.90. The minimum Gasteiger partial charge on any atom is -0.493 e. The molecule has 0 aliphatic heterocycles. The molecule has 2 N–H and O–H groups in total. The average molecular weight is 378 g/mol. The highest BCUT2D eigenvalue weighted by atomic mass is 16.6. The molecule has 0 atom stereocenters. The van der Waals surface area contributed by atoms with E-state index in [9.17, 15) is 25.3 Å². The first-order chi connectivity index (χ1) is 13.5. The number of nitrogens with one attached hydrogen (secondary N) is 1. The zero-order chi connectivity index (χ0) is 19.8. The number of pyridine rings is 1. The van der Waals surface area contributed by atoms with E-state index in [-0.39, 0.29) is 28.2 Å². The molecule has 11 heteroatoms. The summed E-state index contributed by atoms with van der Waals surface area (Å²) in [6.45, 7) is 0. The summed E-state index contributed by atoms with van der Waals surface area (Å²) in [4.78, 5) is 28.0. The second-order valence-electron chi connectivity index (χ2n) is 5.75. The highest BCUT2D eigenvalue weighted by Gasteiger charge is 2.26. The van der Waals surface area contributed by atoms with Crippen molar-refractivity contribution in [3.8, 4) is 5.88 Å². The van der Waals surface area contributed by atoms with Crippen LogP contribution in [0.15, 0.2) is 58.9 Å². The van der Waals surface area contributed by atoms with Crippen molar-refractivity contribution in [3.05, 3.63) is 68.9 Å². The van der Waals surface area contributed by atoms with Gasteiger partial charge in [-0.3, -0.25) is 25.2 Å². The number of nitro groups is 2. The summed E-state index contributed by atoms with van der Waals surface area (Å²) in [6, 6.07) is 10.6. The molecule has 11 nitrogen and oxygen atoms in total. The Morgan fingerprint density at radius 1 is 0.929 bits per heavy atom. The first-order valence-electron chi connectivity index (χ1n) is 7.89. The summed E-state index contributed by atoms with van der Waals surface area (Å²) in [5.41, 5.74) is -0.644. The number of hydrogen-bond acceptors (Lipinski definition) is 8. The van der Waals surface area contributed by atoms with Gasteiger partial charge in [0, 0.05) is 11.6 Å². The third-order valence-corrected chi connectivity index (χ3v) is 4.13. The standard InChI is InChI=1S/C17H10N6O5/c24-17-15(9-4-1-2-6-11(9)19-17)20-21-16-13(23(27)28)8-12(22(25)26)10-5-3-7-18-14(10)16/h1-8,19,24H. The van der Waals surface area contributed by atoms with Crippen LogP contribution in [0.25, 0.3) is 21.8 Å². The number of H-pyrrole nitrogens is 1. The molecule has 0 spiro atoms. The van der Waals surface area contributed by atoms with Crippen molar-refractivity contribution in [1.29, 1.82) is 0 Å². The summed E-state index contributed by atoms with van der Waals surface area (Å²) in [5, 5.41) is 41.4. The summed E-state index contributed by atoms with van der Waals surface area (Å²) < 4.78 is 0. The van der Waals surface area contributed by atoms with Gasteiger partial charge in [-0.1, -0.05) is 18.2 Å². The fraction of sp³-hybridized carbons (Fsp3) is 0. The molecule has 0 saturated heterocycles. The van der Waals surface area contributed by atoms with E-state index in [1.54, 1.807) is 24.3 Å². The number of azo groups is 1. The molecule has 2 heterocycles. The maximum atomic E-state index is 11.5. The van der Waals surface area contributed by atoms with Crippen molar-refractivity contribution in [2.75, 3.05) is 0 Å². The van der Waals surface area contributed by atoms with E-state index >= 15 is 0 Å². The van der Waals surface area contributed by atoms with Crippen LogP contribution in [0.2, 0.25) is 0 Å². The smallest absolute Gasteiger partial charge is 0.305 e. The van der Waals surface area contributed by atoms with Crippen molar-refractivity contribution in [2.24, 2.45) is 10.2 Å². The lowest BCUT2D eigenvalue weighted by Gasteiger charge is -2.03. The normalized spacial score (nSPS) is 11.4. The van der Waals surface area contributed by atoms with Crippen LogP contribution in [0, 0.1) is 20.2 Å². The van der Waals surface area contributed by atoms with Crippen molar-refractivity contribution in [2.45, 2.75) is 0 Å². The number of non-ortho nitro benzene ring substituents is 1. The molecular formula is C17H10N6O5. The quantitative estimate of drug-likeness (QED) is 0.298. The van der Waals surface area contributed by atoms with Crippen molar-refractivity contribution >= 4 is 44.6 Å². The zero-order valence-electron chi connectivity index (χ0n) is 13.9. The third-order valence-electron chi connectivity index (χ3n) is 4.13. The van der Waals surface area contributed by atoms with E-state index in [4.69, 9.17) is 0 Å². The topological polar surface area (TPSA) is 160 Å². The van der Waals surface area contributed by atoms with Crippen LogP contribution in [0.5, 0.6) is 5.88 Å². The third kappa shape index (κ3) is 2.67. The summed E-state index contributed by atoms with van der Waals surface area (Å²) in [7, 11) is 0. The lowest BCUT2D eigenvalue weighted by atomic mass is 10.1. The lowest BCUT2D eigenvalue weighted by molar-refractivity contribution is -0.392. The minimum atomic E-state index is -0.787. The van der Waals surface area contributed by atoms with Crippen LogP contribution >= 0.6 is 0 Å². The molecule has 28 heavy (non-hydrogen) atoms. The van der Waals surface area contributed by atoms with Gasteiger partial charge in [0.1, 0.15) is 5.52 Å². The van der Waals surface area contributed by atoms with Gasteiger partial charge in [0.15, 0.2) is 11.4 Å². The van der Waals surface area contributed by atoms with Gasteiger partial charge in [-0.15, -0.1) is 10.2 Å². The molecule has 0 aliphatic carbocycles. The molecular weight excluding hydrogens is 368 g/mol. The Bertz CT molecular complexity index is 1300. The van der Waals surface area contributed by atoms with Gasteiger partial charge >= 0.3 is 5.69 Å². The van der Waals surface area contributed by atoms with Gasteiger partial charge in [0.2, 0.25) is 5.88 Å². The van der Waals surface area contributed by atoms with E-state index in [1.165, 1.54) is 18.3 Å². The lowest BCUT2D eigenvalue weighted by Crippen LogP contribution is -1.96. The largest absolute Gasteiger partial charge is 0.493 e. The predicted octanol–water partition coefficient (Wildman–Crippen LogP) is 4.65. The van der Waals surface area contributed by atoms with E-state index in [1.807, 2.05) is 0 Å². The maximum Gasteiger partial charge on any atom is 0.305 e. The molecule has 0 saturated carbocycles. The van der Waals surface area contributed by atoms with Crippen molar-refractivity contribution in [1.82, 2.24) is 9.97 Å². The Kier molecular flexibility index (Phi) is 3.89. The van der Waals surface area contributed by atoms with E-state index < -0.39 is 21.2 Å². The molecule has 0 aliphatic rings. The summed E-state index contributed by atoms with van der Waals surface area (Å²) >= 11 is 0. The molecule has 4 rings (SSSR count). The summed E-state index contributed by atoms with van der Waals surface area (Å²) in [5.74, 6) is -0.258. The molecule has 0 radical (unpaired) electrons. The number of benzene rings is 2. The van der Waals surface area contributed by atoms with Gasteiger partial charge in [-0.2, -0.15) is 0 Å². The fourth-order valence-corrected chi connectivity index (χ4v) is 2.90. The maximum absolute atomic E-state index is 11.5. The number of fused-ring (bicyclic) bond motifs is 2. The number of rotatable bonds is 4. The van der Waals surface area contributed by atoms with Crippen LogP contribution in [-0.2, 0) is 0 Å². The number of aromatic nitrogens is 2. The average Bonchev–Trinajstić information content (AvgIpc) is 3.00. The van der Waals surface area contributed by atoms with Gasteiger partial charge in [-0.25, -0.2) is 0 Å². The van der Waals surface area contributed by atoms with Crippen LogP contribution in [0.3, 0.4) is 0 Å². The Morgan fingerprint density at radius 2 is 1.61 bits per heavy atom. The molecule has 0 fully saturated rings. The number of hydrogen-bond donors (Lipinski definition) is 2. The molecule has 0 bridgehead atoms. The van der Waals surface area contributed by atoms with Gasteiger partial charge in [0.25, 0.3) is 5.69 Å². The van der Waals surface area contributed by atoms with Gasteiger partial charge in [-0.05, 0) is 18.2 Å². The Balaban J connectivity index is 1.98. The van der Waals surface area contributed by atoms with Crippen LogP contribution in [0.1, 0.15) is 0 Å². The monoisotopic (exact) mass is 378 g/mol. The highest BCUT2D eigenvalue weighted by molar-refractivity contribution is 6.00. The van der Waals surface area contributed by atoms with Gasteiger partial charge < -0.3 is 10.1 Å². The molecule has 2 aromatic heterocycles. The number of nitro benzene ring substituents is 2. The molecule has 138 valence electrons. The number of nitrogens with zero attached hydrogens (tertiary/aromatic N) is 5. The molecule has 2 aromatic carbocycles. The van der Waals surface area contributed by atoms with Crippen molar-refractivity contribution in [3.63, 3.8) is 0 Å². The molecule has 0 amide bonds. The Morgan fingerprint density at radius 3 is 2.36 bits per heavy atom. The minimum absolute atomic E-state index is 0.0357. The molecule has 0 unspecified atom stereocenters. The first-order valence-corrected chi connectivity index (χ1v) is 7.89.